The molecule has 0 fully saturated rings. The Labute approximate surface area is 174 Å². The van der Waals surface area contributed by atoms with Crippen molar-refractivity contribution in [2.45, 2.75) is 33.4 Å². The normalized spacial score (nSPS) is 10.8. The van der Waals surface area contributed by atoms with Gasteiger partial charge >= 0.3 is 6.09 Å². The van der Waals surface area contributed by atoms with Crippen LogP contribution in [0.25, 0.3) is 22.2 Å². The molecule has 3 aromatic rings. The van der Waals surface area contributed by atoms with Gasteiger partial charge in [0.1, 0.15) is 25.1 Å². The molecule has 0 aliphatic heterocycles. The van der Waals surface area contributed by atoms with E-state index in [2.05, 4.69) is 11.4 Å². The van der Waals surface area contributed by atoms with E-state index in [1.54, 1.807) is 32.0 Å². The molecule has 7 heteroatoms. The van der Waals surface area contributed by atoms with Crippen molar-refractivity contribution in [1.29, 1.82) is 5.26 Å². The van der Waals surface area contributed by atoms with Crippen LogP contribution in [0, 0.1) is 11.3 Å². The maximum atomic E-state index is 12.4. The van der Waals surface area contributed by atoms with Gasteiger partial charge in [-0.05, 0) is 50.6 Å². The van der Waals surface area contributed by atoms with Gasteiger partial charge in [0.25, 0.3) is 0 Å². The first kappa shape index (κ1) is 21.2. The van der Waals surface area contributed by atoms with E-state index < -0.39 is 12.8 Å². The van der Waals surface area contributed by atoms with Crippen LogP contribution in [0.3, 0.4) is 0 Å². The van der Waals surface area contributed by atoms with Crippen molar-refractivity contribution in [2.75, 3.05) is 18.6 Å². The van der Waals surface area contributed by atoms with Crippen LogP contribution in [0.5, 0.6) is 5.75 Å². The molecule has 0 radical (unpaired) electrons. The number of hydrogen-bond donors (Lipinski definition) is 1. The van der Waals surface area contributed by atoms with Crippen molar-refractivity contribution in [3.63, 3.8) is 0 Å². The summed E-state index contributed by atoms with van der Waals surface area (Å²) in [5.41, 5.74) is 3.64. The molecule has 156 valence electrons. The summed E-state index contributed by atoms with van der Waals surface area (Å²) in [7, 11) is 0. The van der Waals surface area contributed by atoms with E-state index in [9.17, 15) is 14.4 Å². The molecule has 0 saturated carbocycles. The van der Waals surface area contributed by atoms with Crippen molar-refractivity contribution < 1.29 is 18.7 Å². The minimum absolute atomic E-state index is 0.00991. The number of nitrogens with one attached hydrogen (secondary N) is 1. The maximum Gasteiger partial charge on any atom is 0.411 e. The topological polar surface area (TPSA) is 76.3 Å². The number of anilines is 1. The van der Waals surface area contributed by atoms with Gasteiger partial charge in [-0.3, -0.25) is 5.32 Å². The lowest BCUT2D eigenvalue weighted by atomic mass is 10.1. The highest BCUT2D eigenvalue weighted by Crippen LogP contribution is 2.35. The number of aromatic nitrogens is 1. The summed E-state index contributed by atoms with van der Waals surface area (Å²) in [5, 5.41) is 13.3. The molecular weight excluding hydrogens is 385 g/mol. The van der Waals surface area contributed by atoms with E-state index in [0.717, 1.165) is 22.2 Å². The predicted molar refractivity (Wildman–Crippen MR) is 114 cm³/mol. The smallest absolute Gasteiger partial charge is 0.411 e. The highest BCUT2D eigenvalue weighted by atomic mass is 19.1. The fraction of sp³-hybridized carbons (Fsp3) is 0.304. The van der Waals surface area contributed by atoms with Gasteiger partial charge in [0.2, 0.25) is 0 Å². The molecule has 1 N–H and O–H groups in total. The molecule has 1 heterocycles. The summed E-state index contributed by atoms with van der Waals surface area (Å²) in [6.45, 7) is 5.63. The summed E-state index contributed by atoms with van der Waals surface area (Å²) in [6, 6.07) is 15.0. The van der Waals surface area contributed by atoms with Crippen molar-refractivity contribution in [3.05, 3.63) is 48.0 Å². The molecule has 0 spiro atoms. The highest BCUT2D eigenvalue weighted by molar-refractivity contribution is 5.95. The SMILES string of the molecule is CCn1c(-c2ccc(NC(=O)OC(C)C)cc2)c(C#N)c2ccc(OCCF)cc21. The number of nitrogens with zero attached hydrogens (tertiary/aromatic N) is 2. The minimum atomic E-state index is -0.563. The summed E-state index contributed by atoms with van der Waals surface area (Å²) in [6.07, 6.45) is -0.722. The van der Waals surface area contributed by atoms with Gasteiger partial charge in [-0.15, -0.1) is 0 Å². The van der Waals surface area contributed by atoms with E-state index in [0.29, 0.717) is 23.5 Å². The zero-order valence-corrected chi connectivity index (χ0v) is 17.2. The van der Waals surface area contributed by atoms with E-state index in [-0.39, 0.29) is 12.7 Å². The van der Waals surface area contributed by atoms with Crippen LogP contribution in [0.4, 0.5) is 14.9 Å². The number of alkyl halides is 1. The van der Waals surface area contributed by atoms with Crippen LogP contribution in [0.1, 0.15) is 26.3 Å². The zero-order chi connectivity index (χ0) is 21.7. The third kappa shape index (κ3) is 4.38. The molecule has 1 amide bonds. The molecule has 3 rings (SSSR count). The molecule has 1 aromatic heterocycles. The molecule has 0 saturated heterocycles. The Balaban J connectivity index is 2.00. The average molecular weight is 409 g/mol. The average Bonchev–Trinajstić information content (AvgIpc) is 3.04. The Morgan fingerprint density at radius 1 is 1.23 bits per heavy atom. The second-order valence-electron chi connectivity index (χ2n) is 6.95. The number of rotatable bonds is 7. The van der Waals surface area contributed by atoms with Crippen LogP contribution >= 0.6 is 0 Å². The Kier molecular flexibility index (Phi) is 6.58. The lowest BCUT2D eigenvalue weighted by molar-refractivity contribution is 0.130. The van der Waals surface area contributed by atoms with Crippen LogP contribution in [0.15, 0.2) is 42.5 Å². The number of amides is 1. The van der Waals surface area contributed by atoms with Gasteiger partial charge in [-0.2, -0.15) is 5.26 Å². The zero-order valence-electron chi connectivity index (χ0n) is 17.2. The number of hydrogen-bond acceptors (Lipinski definition) is 4. The van der Waals surface area contributed by atoms with Gasteiger partial charge < -0.3 is 14.0 Å². The number of carbonyl (C=O) groups excluding carboxylic acids is 1. The first-order chi connectivity index (χ1) is 14.5. The van der Waals surface area contributed by atoms with E-state index in [4.69, 9.17) is 9.47 Å². The Bertz CT molecular complexity index is 1080. The van der Waals surface area contributed by atoms with Gasteiger partial charge in [-0.25, -0.2) is 9.18 Å². The van der Waals surface area contributed by atoms with Crippen molar-refractivity contribution in [1.82, 2.24) is 4.57 Å². The minimum Gasteiger partial charge on any atom is -0.491 e. The number of halogens is 1. The molecule has 0 atom stereocenters. The molecule has 0 bridgehead atoms. The van der Waals surface area contributed by atoms with Crippen molar-refractivity contribution in [3.8, 4) is 23.1 Å². The third-order valence-corrected chi connectivity index (χ3v) is 4.56. The second-order valence-corrected chi connectivity index (χ2v) is 6.95. The molecule has 2 aromatic carbocycles. The first-order valence-corrected chi connectivity index (χ1v) is 9.81. The number of fused-ring (bicyclic) bond motifs is 1. The lowest BCUT2D eigenvalue weighted by Gasteiger charge is -2.12. The summed E-state index contributed by atoms with van der Waals surface area (Å²) in [4.78, 5) is 11.8. The quantitative estimate of drug-likeness (QED) is 0.559. The monoisotopic (exact) mass is 409 g/mol. The number of nitriles is 1. The number of carbonyl (C=O) groups is 1. The van der Waals surface area contributed by atoms with Crippen molar-refractivity contribution >= 4 is 22.7 Å². The lowest BCUT2D eigenvalue weighted by Crippen LogP contribution is -2.17. The molecule has 30 heavy (non-hydrogen) atoms. The van der Waals surface area contributed by atoms with Crippen LogP contribution < -0.4 is 10.1 Å². The third-order valence-electron chi connectivity index (χ3n) is 4.56. The van der Waals surface area contributed by atoms with Crippen LogP contribution in [-0.4, -0.2) is 30.0 Å². The van der Waals surface area contributed by atoms with E-state index >= 15 is 0 Å². The molecule has 0 aliphatic rings. The molecule has 0 aliphatic carbocycles. The van der Waals surface area contributed by atoms with E-state index in [1.807, 2.05) is 35.8 Å². The molecular formula is C23H24FN3O3. The number of ether oxygens (including phenoxy) is 2. The number of benzene rings is 2. The van der Waals surface area contributed by atoms with Crippen molar-refractivity contribution in [2.24, 2.45) is 0 Å². The molecule has 0 unspecified atom stereocenters. The summed E-state index contributed by atoms with van der Waals surface area (Å²) < 4.78 is 25.0. The van der Waals surface area contributed by atoms with Gasteiger partial charge in [0.15, 0.2) is 0 Å². The Hall–Kier alpha value is -3.53. The van der Waals surface area contributed by atoms with Crippen LogP contribution in [-0.2, 0) is 11.3 Å². The largest absolute Gasteiger partial charge is 0.491 e. The van der Waals surface area contributed by atoms with Crippen LogP contribution in [0.2, 0.25) is 0 Å². The maximum absolute atomic E-state index is 12.4. The second kappa shape index (κ2) is 9.31. The summed E-state index contributed by atoms with van der Waals surface area (Å²) >= 11 is 0. The molecule has 6 nitrogen and oxygen atoms in total. The summed E-state index contributed by atoms with van der Waals surface area (Å²) in [5.74, 6) is 0.562. The van der Waals surface area contributed by atoms with E-state index in [1.165, 1.54) is 0 Å². The number of aryl methyl sites for hydroxylation is 1. The predicted octanol–water partition coefficient (Wildman–Crippen LogP) is 5.51. The Morgan fingerprint density at radius 2 is 1.97 bits per heavy atom. The fourth-order valence-electron chi connectivity index (χ4n) is 3.39. The standard InChI is InChI=1S/C23H24FN3O3/c1-4-27-21-13-18(29-12-11-24)9-10-19(21)20(14-25)22(27)16-5-7-17(8-6-16)26-23(28)30-15(2)3/h5-10,13,15H,4,11-12H2,1-3H3,(H,26,28). The Morgan fingerprint density at radius 3 is 2.57 bits per heavy atom. The van der Waals surface area contributed by atoms with Gasteiger partial charge in [-0.1, -0.05) is 12.1 Å². The van der Waals surface area contributed by atoms with Gasteiger partial charge in [0, 0.05) is 23.7 Å². The first-order valence-electron chi connectivity index (χ1n) is 9.81. The highest BCUT2D eigenvalue weighted by Gasteiger charge is 2.18. The van der Waals surface area contributed by atoms with Gasteiger partial charge in [0.05, 0.1) is 22.9 Å². The fourth-order valence-corrected chi connectivity index (χ4v) is 3.39.